The van der Waals surface area contributed by atoms with Gasteiger partial charge in [-0.05, 0) is 41.3 Å². The smallest absolute Gasteiger partial charge is 0.247 e. The van der Waals surface area contributed by atoms with E-state index in [2.05, 4.69) is 9.97 Å². The number of rotatable bonds is 12. The van der Waals surface area contributed by atoms with Crippen molar-refractivity contribution in [3.05, 3.63) is 114 Å². The molecule has 0 aliphatic carbocycles. The zero-order chi connectivity index (χ0) is 29.2. The van der Waals surface area contributed by atoms with Gasteiger partial charge in [0.2, 0.25) is 11.8 Å². The Labute approximate surface area is 241 Å². The van der Waals surface area contributed by atoms with E-state index in [0.717, 1.165) is 22.3 Å². The van der Waals surface area contributed by atoms with E-state index < -0.39 is 6.04 Å². The SMILES string of the molecule is COCCN(C)C(=O)[C@H](Cc1ccccc1)N(Cc1ccc(-c2cccnc2)cc1)C(=O)C=Cc1nc(C)oc1C. The number of ether oxygens (including phenoxy) is 1. The van der Waals surface area contributed by atoms with Crippen LogP contribution in [0.2, 0.25) is 0 Å². The second-order valence-electron chi connectivity index (χ2n) is 9.87. The molecule has 212 valence electrons. The third-order valence-electron chi connectivity index (χ3n) is 6.85. The average molecular weight is 553 g/mol. The van der Waals surface area contributed by atoms with Gasteiger partial charge in [0.1, 0.15) is 17.5 Å². The molecule has 8 nitrogen and oxygen atoms in total. The third kappa shape index (κ3) is 7.99. The number of methoxy groups -OCH3 is 1. The predicted molar refractivity (Wildman–Crippen MR) is 159 cm³/mol. The van der Waals surface area contributed by atoms with Gasteiger partial charge in [0.25, 0.3) is 0 Å². The standard InChI is InChI=1S/C33H36N4O4/c1-24-30(35-25(2)41-24)16-17-32(38)37(23-27-12-14-28(15-13-27)29-11-8-18-34-22-29)31(21-26-9-6-5-7-10-26)33(39)36(3)19-20-40-4/h5-18,22,31H,19-21,23H2,1-4H3/t31-/m0/s1. The normalized spacial score (nSPS) is 11.9. The van der Waals surface area contributed by atoms with Crippen molar-refractivity contribution in [1.29, 1.82) is 0 Å². The van der Waals surface area contributed by atoms with Crippen LogP contribution in [-0.4, -0.2) is 64.9 Å². The fourth-order valence-electron chi connectivity index (χ4n) is 4.58. The number of likely N-dealkylation sites (N-methyl/N-ethyl adjacent to an activating group) is 1. The molecule has 2 aromatic carbocycles. The molecular formula is C33H36N4O4. The molecule has 4 rings (SSSR count). The van der Waals surface area contributed by atoms with Crippen LogP contribution in [0.5, 0.6) is 0 Å². The second-order valence-corrected chi connectivity index (χ2v) is 9.87. The minimum absolute atomic E-state index is 0.159. The molecule has 8 heteroatoms. The lowest BCUT2D eigenvalue weighted by atomic mass is 10.0. The van der Waals surface area contributed by atoms with Crippen LogP contribution in [0.1, 0.15) is 28.5 Å². The minimum Gasteiger partial charge on any atom is -0.446 e. The van der Waals surface area contributed by atoms with E-state index in [1.54, 1.807) is 50.1 Å². The third-order valence-corrected chi connectivity index (χ3v) is 6.85. The molecule has 0 aliphatic heterocycles. The van der Waals surface area contributed by atoms with E-state index in [0.29, 0.717) is 36.9 Å². The van der Waals surface area contributed by atoms with Crippen LogP contribution < -0.4 is 0 Å². The lowest BCUT2D eigenvalue weighted by Crippen LogP contribution is -2.51. The van der Waals surface area contributed by atoms with E-state index >= 15 is 0 Å². The first-order valence-electron chi connectivity index (χ1n) is 13.6. The Morgan fingerprint density at radius 3 is 2.37 bits per heavy atom. The van der Waals surface area contributed by atoms with Gasteiger partial charge >= 0.3 is 0 Å². The number of pyridine rings is 1. The first-order valence-corrected chi connectivity index (χ1v) is 13.6. The first kappa shape index (κ1) is 29.4. The molecule has 0 N–H and O–H groups in total. The molecule has 0 saturated heterocycles. The van der Waals surface area contributed by atoms with E-state index in [1.807, 2.05) is 72.9 Å². The van der Waals surface area contributed by atoms with Gasteiger partial charge in [-0.25, -0.2) is 4.98 Å². The van der Waals surface area contributed by atoms with Crippen molar-refractivity contribution in [1.82, 2.24) is 19.8 Å². The lowest BCUT2D eigenvalue weighted by molar-refractivity contribution is -0.143. The minimum atomic E-state index is -0.741. The molecule has 1 atom stereocenters. The molecule has 2 heterocycles. The van der Waals surface area contributed by atoms with Gasteiger partial charge in [0, 0.05) is 59.1 Å². The van der Waals surface area contributed by atoms with Gasteiger partial charge in [-0.2, -0.15) is 0 Å². The molecule has 0 spiro atoms. The van der Waals surface area contributed by atoms with E-state index in [-0.39, 0.29) is 18.4 Å². The summed E-state index contributed by atoms with van der Waals surface area (Å²) in [4.78, 5) is 39.6. The molecule has 0 aliphatic rings. The number of hydrogen-bond donors (Lipinski definition) is 0. The Hall–Kier alpha value is -4.56. The van der Waals surface area contributed by atoms with Gasteiger partial charge in [-0.1, -0.05) is 60.7 Å². The van der Waals surface area contributed by atoms with Crippen molar-refractivity contribution in [2.75, 3.05) is 27.3 Å². The van der Waals surface area contributed by atoms with Crippen LogP contribution >= 0.6 is 0 Å². The number of hydrogen-bond acceptors (Lipinski definition) is 6. The summed E-state index contributed by atoms with van der Waals surface area (Å²) < 4.78 is 10.7. The molecule has 2 amide bonds. The van der Waals surface area contributed by atoms with Crippen LogP contribution in [0.3, 0.4) is 0 Å². The predicted octanol–water partition coefficient (Wildman–Crippen LogP) is 5.11. The molecule has 2 aromatic heterocycles. The second kappa shape index (κ2) is 14.2. The Morgan fingerprint density at radius 2 is 1.73 bits per heavy atom. The van der Waals surface area contributed by atoms with Crippen molar-refractivity contribution < 1.29 is 18.7 Å². The first-order chi connectivity index (χ1) is 19.9. The summed E-state index contributed by atoms with van der Waals surface area (Å²) in [6.45, 7) is 4.62. The Morgan fingerprint density at radius 1 is 0.976 bits per heavy atom. The zero-order valence-electron chi connectivity index (χ0n) is 24.0. The van der Waals surface area contributed by atoms with Crippen LogP contribution in [0.25, 0.3) is 17.2 Å². The van der Waals surface area contributed by atoms with Crippen LogP contribution in [0.15, 0.2) is 89.6 Å². The highest BCUT2D eigenvalue weighted by molar-refractivity contribution is 5.95. The summed E-state index contributed by atoms with van der Waals surface area (Å²) in [6, 6.07) is 20.9. The quantitative estimate of drug-likeness (QED) is 0.227. The van der Waals surface area contributed by atoms with Gasteiger partial charge in [-0.15, -0.1) is 0 Å². The number of aryl methyl sites for hydroxylation is 2. The number of nitrogens with zero attached hydrogens (tertiary/aromatic N) is 4. The number of carbonyl (C=O) groups excluding carboxylic acids is 2. The summed E-state index contributed by atoms with van der Waals surface area (Å²) in [6.07, 6.45) is 7.03. The van der Waals surface area contributed by atoms with Crippen molar-refractivity contribution in [2.24, 2.45) is 0 Å². The highest BCUT2D eigenvalue weighted by Crippen LogP contribution is 2.22. The summed E-state index contributed by atoms with van der Waals surface area (Å²) in [7, 11) is 3.34. The highest BCUT2D eigenvalue weighted by atomic mass is 16.5. The molecule has 41 heavy (non-hydrogen) atoms. The van der Waals surface area contributed by atoms with Crippen LogP contribution in [0, 0.1) is 13.8 Å². The van der Waals surface area contributed by atoms with E-state index in [9.17, 15) is 9.59 Å². The molecule has 0 radical (unpaired) electrons. The van der Waals surface area contributed by atoms with Gasteiger partial charge in [0.15, 0.2) is 5.89 Å². The number of carbonyl (C=O) groups is 2. The van der Waals surface area contributed by atoms with Crippen molar-refractivity contribution in [3.63, 3.8) is 0 Å². The Kier molecular flexibility index (Phi) is 10.2. The van der Waals surface area contributed by atoms with Gasteiger partial charge in [0.05, 0.1) is 6.61 Å². The average Bonchev–Trinajstić information content (AvgIpc) is 3.33. The fraction of sp³-hybridized carbons (Fsp3) is 0.273. The summed E-state index contributed by atoms with van der Waals surface area (Å²) in [5.74, 6) is 0.696. The van der Waals surface area contributed by atoms with Crippen LogP contribution in [-0.2, 0) is 27.3 Å². The van der Waals surface area contributed by atoms with Crippen molar-refractivity contribution >= 4 is 17.9 Å². The number of benzene rings is 2. The maximum atomic E-state index is 13.9. The van der Waals surface area contributed by atoms with E-state index in [4.69, 9.17) is 9.15 Å². The molecule has 0 fully saturated rings. The largest absolute Gasteiger partial charge is 0.446 e. The highest BCUT2D eigenvalue weighted by Gasteiger charge is 2.31. The van der Waals surface area contributed by atoms with Gasteiger partial charge < -0.3 is 19.0 Å². The Bertz CT molecular complexity index is 1450. The molecule has 0 bridgehead atoms. The fourth-order valence-corrected chi connectivity index (χ4v) is 4.58. The summed E-state index contributed by atoms with van der Waals surface area (Å²) in [5.41, 5.74) is 4.47. The zero-order valence-corrected chi connectivity index (χ0v) is 24.0. The molecule has 0 unspecified atom stereocenters. The maximum Gasteiger partial charge on any atom is 0.247 e. The van der Waals surface area contributed by atoms with Crippen molar-refractivity contribution in [3.8, 4) is 11.1 Å². The monoisotopic (exact) mass is 552 g/mol. The van der Waals surface area contributed by atoms with E-state index in [1.165, 1.54) is 6.08 Å². The topological polar surface area (TPSA) is 88.8 Å². The lowest BCUT2D eigenvalue weighted by Gasteiger charge is -2.33. The Balaban J connectivity index is 1.69. The maximum absolute atomic E-state index is 13.9. The van der Waals surface area contributed by atoms with Gasteiger partial charge in [-0.3, -0.25) is 14.6 Å². The molecule has 4 aromatic rings. The molecular weight excluding hydrogens is 516 g/mol. The number of amides is 2. The summed E-state index contributed by atoms with van der Waals surface area (Å²) in [5, 5.41) is 0. The van der Waals surface area contributed by atoms with Crippen molar-refractivity contribution in [2.45, 2.75) is 32.9 Å². The molecule has 0 saturated carbocycles. The van der Waals surface area contributed by atoms with Crippen LogP contribution in [0.4, 0.5) is 0 Å². The number of oxazole rings is 1. The summed E-state index contributed by atoms with van der Waals surface area (Å²) >= 11 is 0. The number of aromatic nitrogens is 2.